The molecule has 2 aromatic rings. The fourth-order valence-electron chi connectivity index (χ4n) is 1.09. The summed E-state index contributed by atoms with van der Waals surface area (Å²) >= 11 is 0. The molecule has 4 nitrogen and oxygen atoms in total. The molecule has 4 heteroatoms. The molecule has 0 saturated heterocycles. The summed E-state index contributed by atoms with van der Waals surface area (Å²) in [6.45, 7) is 0. The van der Waals surface area contributed by atoms with E-state index >= 15 is 0 Å². The molecular formula is C8H8N4. The third-order valence-corrected chi connectivity index (χ3v) is 1.77. The van der Waals surface area contributed by atoms with Crippen molar-refractivity contribution < 1.29 is 0 Å². The van der Waals surface area contributed by atoms with Crippen LogP contribution in [0.5, 0.6) is 0 Å². The number of nitrogens with two attached hydrogens (primary N) is 2. The van der Waals surface area contributed by atoms with Gasteiger partial charge in [0.2, 0.25) is 0 Å². The first-order chi connectivity index (χ1) is 5.79. The molecular weight excluding hydrogens is 152 g/mol. The van der Waals surface area contributed by atoms with Crippen LogP contribution in [0.3, 0.4) is 0 Å². The SMILES string of the molecule is Nc1ccc2ncncc2c1N. The van der Waals surface area contributed by atoms with Crippen LogP contribution in [0.15, 0.2) is 24.7 Å². The molecule has 0 atom stereocenters. The monoisotopic (exact) mass is 160 g/mol. The van der Waals surface area contributed by atoms with E-state index in [0.29, 0.717) is 11.4 Å². The summed E-state index contributed by atoms with van der Waals surface area (Å²) in [6.07, 6.45) is 3.14. The van der Waals surface area contributed by atoms with Crippen LogP contribution in [-0.2, 0) is 0 Å². The van der Waals surface area contributed by atoms with E-state index in [4.69, 9.17) is 11.5 Å². The maximum Gasteiger partial charge on any atom is 0.116 e. The Morgan fingerprint density at radius 1 is 1.17 bits per heavy atom. The van der Waals surface area contributed by atoms with Gasteiger partial charge in [0.1, 0.15) is 6.33 Å². The quantitative estimate of drug-likeness (QED) is 0.558. The fourth-order valence-corrected chi connectivity index (χ4v) is 1.09. The van der Waals surface area contributed by atoms with Crippen LogP contribution in [0.2, 0.25) is 0 Å². The van der Waals surface area contributed by atoms with E-state index in [2.05, 4.69) is 9.97 Å². The number of nitrogens with zero attached hydrogens (tertiary/aromatic N) is 2. The summed E-state index contributed by atoms with van der Waals surface area (Å²) in [6, 6.07) is 3.56. The van der Waals surface area contributed by atoms with Gasteiger partial charge in [0.05, 0.1) is 16.9 Å². The van der Waals surface area contributed by atoms with E-state index in [1.807, 2.05) is 6.07 Å². The summed E-state index contributed by atoms with van der Waals surface area (Å²) in [5, 5.41) is 0.803. The topological polar surface area (TPSA) is 77.8 Å². The van der Waals surface area contributed by atoms with E-state index in [9.17, 15) is 0 Å². The van der Waals surface area contributed by atoms with Crippen LogP contribution in [0, 0.1) is 0 Å². The van der Waals surface area contributed by atoms with Gasteiger partial charge in [-0.25, -0.2) is 9.97 Å². The second kappa shape index (κ2) is 2.34. The van der Waals surface area contributed by atoms with E-state index < -0.39 is 0 Å². The van der Waals surface area contributed by atoms with Gasteiger partial charge in [0.25, 0.3) is 0 Å². The van der Waals surface area contributed by atoms with Crippen molar-refractivity contribution in [2.24, 2.45) is 0 Å². The summed E-state index contributed by atoms with van der Waals surface area (Å²) in [5.41, 5.74) is 13.3. The van der Waals surface area contributed by atoms with Crippen molar-refractivity contribution in [1.29, 1.82) is 0 Å². The minimum absolute atomic E-state index is 0.549. The zero-order chi connectivity index (χ0) is 8.55. The molecule has 0 fully saturated rings. The second-order valence-corrected chi connectivity index (χ2v) is 2.52. The molecule has 60 valence electrons. The van der Waals surface area contributed by atoms with Gasteiger partial charge in [-0.1, -0.05) is 0 Å². The Bertz CT molecular complexity index is 424. The van der Waals surface area contributed by atoms with E-state index in [1.54, 1.807) is 12.3 Å². The Labute approximate surface area is 69.2 Å². The lowest BCUT2D eigenvalue weighted by Crippen LogP contribution is -1.96. The number of benzene rings is 1. The van der Waals surface area contributed by atoms with Gasteiger partial charge in [-0.2, -0.15) is 0 Å². The Kier molecular flexibility index (Phi) is 1.33. The number of nitrogen functional groups attached to an aromatic ring is 2. The summed E-state index contributed by atoms with van der Waals surface area (Å²) < 4.78 is 0. The highest BCUT2D eigenvalue weighted by molar-refractivity contribution is 5.95. The highest BCUT2D eigenvalue weighted by atomic mass is 14.8. The zero-order valence-corrected chi connectivity index (χ0v) is 6.36. The third-order valence-electron chi connectivity index (χ3n) is 1.77. The van der Waals surface area contributed by atoms with Gasteiger partial charge < -0.3 is 11.5 Å². The summed E-state index contributed by atoms with van der Waals surface area (Å²) in [4.78, 5) is 7.90. The summed E-state index contributed by atoms with van der Waals surface area (Å²) in [5.74, 6) is 0. The second-order valence-electron chi connectivity index (χ2n) is 2.52. The minimum atomic E-state index is 0.549. The number of hydrogen-bond donors (Lipinski definition) is 2. The Hall–Kier alpha value is -1.84. The van der Waals surface area contributed by atoms with Crippen LogP contribution in [0.25, 0.3) is 10.9 Å². The minimum Gasteiger partial charge on any atom is -0.397 e. The molecule has 1 aromatic heterocycles. The van der Waals surface area contributed by atoms with Crippen LogP contribution < -0.4 is 11.5 Å². The molecule has 0 bridgehead atoms. The number of fused-ring (bicyclic) bond motifs is 1. The number of aromatic nitrogens is 2. The molecule has 0 spiro atoms. The molecule has 4 N–H and O–H groups in total. The zero-order valence-electron chi connectivity index (χ0n) is 6.36. The molecule has 0 aliphatic rings. The predicted octanol–water partition coefficient (Wildman–Crippen LogP) is 0.794. The average molecular weight is 160 g/mol. The standard InChI is InChI=1S/C8H8N4/c9-6-1-2-7-5(8(6)10)3-11-4-12-7/h1-4H,9-10H2. The van der Waals surface area contributed by atoms with Gasteiger partial charge in [-0.05, 0) is 12.1 Å². The number of hydrogen-bond acceptors (Lipinski definition) is 4. The molecule has 12 heavy (non-hydrogen) atoms. The molecule has 2 rings (SSSR count). The van der Waals surface area contributed by atoms with Crippen molar-refractivity contribution in [1.82, 2.24) is 9.97 Å². The van der Waals surface area contributed by atoms with Crippen molar-refractivity contribution in [3.05, 3.63) is 24.7 Å². The van der Waals surface area contributed by atoms with Crippen LogP contribution in [-0.4, -0.2) is 9.97 Å². The molecule has 0 unspecified atom stereocenters. The largest absolute Gasteiger partial charge is 0.397 e. The molecule has 0 aliphatic heterocycles. The first kappa shape index (κ1) is 6.84. The van der Waals surface area contributed by atoms with E-state index in [1.165, 1.54) is 6.33 Å². The van der Waals surface area contributed by atoms with Crippen LogP contribution in [0.1, 0.15) is 0 Å². The molecule has 0 saturated carbocycles. The number of anilines is 2. The lowest BCUT2D eigenvalue weighted by Gasteiger charge is -2.02. The van der Waals surface area contributed by atoms with Gasteiger partial charge in [0.15, 0.2) is 0 Å². The third kappa shape index (κ3) is 0.852. The van der Waals surface area contributed by atoms with Crippen molar-refractivity contribution in [2.75, 3.05) is 11.5 Å². The van der Waals surface area contributed by atoms with Crippen molar-refractivity contribution >= 4 is 22.3 Å². The summed E-state index contributed by atoms with van der Waals surface area (Å²) in [7, 11) is 0. The molecule has 1 heterocycles. The lowest BCUT2D eigenvalue weighted by molar-refractivity contribution is 1.22. The normalized spacial score (nSPS) is 10.3. The van der Waals surface area contributed by atoms with Crippen LogP contribution in [0.4, 0.5) is 11.4 Å². The molecule has 0 radical (unpaired) electrons. The fraction of sp³-hybridized carbons (Fsp3) is 0. The highest BCUT2D eigenvalue weighted by Gasteiger charge is 2.00. The molecule has 1 aromatic carbocycles. The lowest BCUT2D eigenvalue weighted by atomic mass is 10.2. The first-order valence-electron chi connectivity index (χ1n) is 3.52. The first-order valence-corrected chi connectivity index (χ1v) is 3.52. The Balaban J connectivity index is 2.91. The predicted molar refractivity (Wildman–Crippen MR) is 48.4 cm³/mol. The maximum absolute atomic E-state index is 5.71. The van der Waals surface area contributed by atoms with Gasteiger partial charge in [-0.15, -0.1) is 0 Å². The highest BCUT2D eigenvalue weighted by Crippen LogP contribution is 2.23. The van der Waals surface area contributed by atoms with Gasteiger partial charge >= 0.3 is 0 Å². The van der Waals surface area contributed by atoms with Crippen molar-refractivity contribution in [3.63, 3.8) is 0 Å². The maximum atomic E-state index is 5.71. The average Bonchev–Trinajstić information content (AvgIpc) is 2.12. The molecule has 0 aliphatic carbocycles. The van der Waals surface area contributed by atoms with Gasteiger partial charge in [-0.3, -0.25) is 0 Å². The van der Waals surface area contributed by atoms with Crippen molar-refractivity contribution in [2.45, 2.75) is 0 Å². The van der Waals surface area contributed by atoms with Crippen molar-refractivity contribution in [3.8, 4) is 0 Å². The Morgan fingerprint density at radius 2 is 2.00 bits per heavy atom. The van der Waals surface area contributed by atoms with E-state index in [-0.39, 0.29) is 0 Å². The Morgan fingerprint density at radius 3 is 2.83 bits per heavy atom. The smallest absolute Gasteiger partial charge is 0.116 e. The van der Waals surface area contributed by atoms with Crippen LogP contribution >= 0.6 is 0 Å². The van der Waals surface area contributed by atoms with E-state index in [0.717, 1.165) is 10.9 Å². The van der Waals surface area contributed by atoms with Gasteiger partial charge in [0, 0.05) is 11.6 Å². The molecule has 0 amide bonds. The number of rotatable bonds is 0.